The maximum atomic E-state index is 13.8. The van der Waals surface area contributed by atoms with Gasteiger partial charge < -0.3 is 15.1 Å². The summed E-state index contributed by atoms with van der Waals surface area (Å²) in [6.45, 7) is 5.56. The first-order valence-electron chi connectivity index (χ1n) is 15.0. The summed E-state index contributed by atoms with van der Waals surface area (Å²) in [6, 6.07) is 24.7. The molecule has 2 aliphatic heterocycles. The SMILES string of the molecule is CCCN1C(=O)[C@@H](Cc2cccc3ccccc23)NC(=O)C12CCN(CCCCCCc1ccccc1)CC2. The van der Waals surface area contributed by atoms with Gasteiger partial charge in [0.2, 0.25) is 11.8 Å². The Morgan fingerprint density at radius 1 is 0.821 bits per heavy atom. The average molecular weight is 526 g/mol. The van der Waals surface area contributed by atoms with Crippen LogP contribution in [0.25, 0.3) is 10.8 Å². The van der Waals surface area contributed by atoms with Crippen molar-refractivity contribution in [2.24, 2.45) is 0 Å². The topological polar surface area (TPSA) is 52.7 Å². The van der Waals surface area contributed by atoms with Gasteiger partial charge in [0.15, 0.2) is 0 Å². The number of hydrogen-bond donors (Lipinski definition) is 1. The molecule has 0 radical (unpaired) electrons. The zero-order chi connectivity index (χ0) is 27.1. The van der Waals surface area contributed by atoms with Gasteiger partial charge in [-0.1, -0.05) is 92.6 Å². The van der Waals surface area contributed by atoms with Crippen molar-refractivity contribution in [2.75, 3.05) is 26.2 Å². The monoisotopic (exact) mass is 525 g/mol. The number of piperidine rings is 1. The summed E-state index contributed by atoms with van der Waals surface area (Å²) in [5, 5.41) is 5.49. The summed E-state index contributed by atoms with van der Waals surface area (Å²) in [4.78, 5) is 32.0. The largest absolute Gasteiger partial charge is 0.342 e. The molecule has 39 heavy (non-hydrogen) atoms. The molecule has 0 aliphatic carbocycles. The minimum absolute atomic E-state index is 0.0429. The quantitative estimate of drug-likeness (QED) is 0.324. The van der Waals surface area contributed by atoms with Crippen molar-refractivity contribution in [1.29, 1.82) is 0 Å². The summed E-state index contributed by atoms with van der Waals surface area (Å²) >= 11 is 0. The van der Waals surface area contributed by atoms with Crippen LogP contribution in [0.3, 0.4) is 0 Å². The van der Waals surface area contributed by atoms with Crippen molar-refractivity contribution in [1.82, 2.24) is 15.1 Å². The molecule has 5 nitrogen and oxygen atoms in total. The number of nitrogens with one attached hydrogen (secondary N) is 1. The molecule has 3 aromatic carbocycles. The molecule has 1 N–H and O–H groups in total. The lowest BCUT2D eigenvalue weighted by Crippen LogP contribution is -2.73. The zero-order valence-electron chi connectivity index (χ0n) is 23.4. The highest BCUT2D eigenvalue weighted by atomic mass is 16.2. The number of hydrogen-bond acceptors (Lipinski definition) is 3. The lowest BCUT2D eigenvalue weighted by Gasteiger charge is -2.51. The van der Waals surface area contributed by atoms with Gasteiger partial charge in [-0.2, -0.15) is 0 Å². The van der Waals surface area contributed by atoms with Gasteiger partial charge in [0.05, 0.1) is 0 Å². The van der Waals surface area contributed by atoms with E-state index in [1.807, 2.05) is 23.1 Å². The van der Waals surface area contributed by atoms with Gasteiger partial charge in [0.25, 0.3) is 0 Å². The normalized spacial score (nSPS) is 19.5. The average Bonchev–Trinajstić information content (AvgIpc) is 2.97. The molecule has 0 saturated carbocycles. The van der Waals surface area contributed by atoms with E-state index in [1.54, 1.807) is 0 Å². The van der Waals surface area contributed by atoms with E-state index in [9.17, 15) is 9.59 Å². The number of amides is 2. The predicted octanol–water partition coefficient (Wildman–Crippen LogP) is 5.76. The van der Waals surface area contributed by atoms with Gasteiger partial charge in [-0.15, -0.1) is 0 Å². The van der Waals surface area contributed by atoms with Gasteiger partial charge in [-0.05, 0) is 67.0 Å². The number of aryl methyl sites for hydroxylation is 1. The second-order valence-corrected chi connectivity index (χ2v) is 11.4. The standard InChI is InChI=1S/C34H43N3O2/c1-2-22-37-32(38)31(26-29-18-12-17-28-16-9-10-19-30(28)29)35-33(39)34(37)20-24-36(25-21-34)23-11-4-3-6-13-27-14-7-5-8-15-27/h5,7-10,12,14-19,31H,2-4,6,11,13,20-26H2,1H3,(H,35,39)/t31-/m1/s1. The number of piperazine rings is 1. The lowest BCUT2D eigenvalue weighted by atomic mass is 9.80. The van der Waals surface area contributed by atoms with Crippen LogP contribution in [0.4, 0.5) is 0 Å². The summed E-state index contributed by atoms with van der Waals surface area (Å²) in [5.74, 6) is 0.123. The predicted molar refractivity (Wildman–Crippen MR) is 159 cm³/mol. The Kier molecular flexibility index (Phi) is 8.98. The number of rotatable bonds is 11. The number of likely N-dealkylation sites (tertiary alicyclic amines) is 1. The maximum Gasteiger partial charge on any atom is 0.246 e. The molecular formula is C34H43N3O2. The smallest absolute Gasteiger partial charge is 0.246 e. The number of nitrogens with zero attached hydrogens (tertiary/aromatic N) is 2. The number of carbonyl (C=O) groups excluding carboxylic acids is 2. The molecule has 5 heteroatoms. The third kappa shape index (κ3) is 6.19. The fraction of sp³-hybridized carbons (Fsp3) is 0.471. The lowest BCUT2D eigenvalue weighted by molar-refractivity contribution is -0.161. The Morgan fingerprint density at radius 3 is 2.33 bits per heavy atom. The summed E-state index contributed by atoms with van der Waals surface area (Å²) < 4.78 is 0. The van der Waals surface area contributed by atoms with Crippen molar-refractivity contribution in [3.05, 3.63) is 83.9 Å². The Labute approximate surface area is 233 Å². The number of fused-ring (bicyclic) bond motifs is 1. The first-order chi connectivity index (χ1) is 19.1. The van der Waals surface area contributed by atoms with Gasteiger partial charge >= 0.3 is 0 Å². The second-order valence-electron chi connectivity index (χ2n) is 11.4. The Bertz CT molecular complexity index is 1240. The summed E-state index contributed by atoms with van der Waals surface area (Å²) in [6.07, 6.45) is 8.91. The van der Waals surface area contributed by atoms with Crippen LogP contribution in [0, 0.1) is 0 Å². The molecule has 3 aromatic rings. The molecule has 2 fully saturated rings. The van der Waals surface area contributed by atoms with E-state index in [4.69, 9.17) is 0 Å². The Hall–Kier alpha value is -3.18. The van der Waals surface area contributed by atoms with E-state index in [1.165, 1.54) is 31.2 Å². The molecule has 2 amide bonds. The second kappa shape index (κ2) is 12.8. The van der Waals surface area contributed by atoms with Crippen LogP contribution in [-0.4, -0.2) is 59.4 Å². The van der Waals surface area contributed by atoms with E-state index >= 15 is 0 Å². The Morgan fingerprint density at radius 2 is 1.54 bits per heavy atom. The highest BCUT2D eigenvalue weighted by molar-refractivity contribution is 6.00. The van der Waals surface area contributed by atoms with Crippen LogP contribution < -0.4 is 5.32 Å². The maximum absolute atomic E-state index is 13.8. The molecule has 1 spiro atoms. The van der Waals surface area contributed by atoms with E-state index in [-0.39, 0.29) is 11.8 Å². The molecule has 0 aromatic heterocycles. The fourth-order valence-electron chi connectivity index (χ4n) is 6.56. The summed E-state index contributed by atoms with van der Waals surface area (Å²) in [7, 11) is 0. The van der Waals surface area contributed by atoms with Crippen molar-refractivity contribution in [2.45, 2.75) is 76.3 Å². The van der Waals surface area contributed by atoms with Crippen LogP contribution in [0.15, 0.2) is 72.8 Å². The zero-order valence-corrected chi connectivity index (χ0v) is 23.4. The molecule has 2 saturated heterocycles. The number of carbonyl (C=O) groups is 2. The molecule has 0 unspecified atom stereocenters. The van der Waals surface area contributed by atoms with Gasteiger partial charge in [-0.3, -0.25) is 9.59 Å². The van der Waals surface area contributed by atoms with Gasteiger partial charge in [-0.25, -0.2) is 0 Å². The van der Waals surface area contributed by atoms with Crippen molar-refractivity contribution in [3.8, 4) is 0 Å². The van der Waals surface area contributed by atoms with Crippen LogP contribution in [0.5, 0.6) is 0 Å². The van der Waals surface area contributed by atoms with Crippen molar-refractivity contribution >= 4 is 22.6 Å². The number of benzene rings is 3. The third-order valence-corrected chi connectivity index (χ3v) is 8.78. The molecule has 2 aliphatic rings. The van der Waals surface area contributed by atoms with Crippen LogP contribution in [-0.2, 0) is 22.4 Å². The highest BCUT2D eigenvalue weighted by Crippen LogP contribution is 2.34. The molecule has 2 heterocycles. The fourth-order valence-corrected chi connectivity index (χ4v) is 6.56. The van der Waals surface area contributed by atoms with E-state index in [2.05, 4.69) is 71.7 Å². The minimum atomic E-state index is -0.700. The van der Waals surface area contributed by atoms with E-state index in [0.29, 0.717) is 13.0 Å². The molecule has 5 rings (SSSR count). The highest BCUT2D eigenvalue weighted by Gasteiger charge is 2.53. The molecule has 1 atom stereocenters. The minimum Gasteiger partial charge on any atom is -0.342 e. The first kappa shape index (κ1) is 27.4. The van der Waals surface area contributed by atoms with Crippen LogP contribution in [0.2, 0.25) is 0 Å². The molecule has 0 bridgehead atoms. The van der Waals surface area contributed by atoms with Crippen LogP contribution >= 0.6 is 0 Å². The van der Waals surface area contributed by atoms with Crippen molar-refractivity contribution < 1.29 is 9.59 Å². The Balaban J connectivity index is 1.15. The van der Waals surface area contributed by atoms with E-state index in [0.717, 1.165) is 61.7 Å². The summed E-state index contributed by atoms with van der Waals surface area (Å²) in [5.41, 5.74) is 1.84. The molecular weight excluding hydrogens is 482 g/mol. The molecule has 206 valence electrons. The van der Waals surface area contributed by atoms with Gasteiger partial charge in [0.1, 0.15) is 11.6 Å². The van der Waals surface area contributed by atoms with Crippen molar-refractivity contribution in [3.63, 3.8) is 0 Å². The van der Waals surface area contributed by atoms with E-state index < -0.39 is 11.6 Å². The van der Waals surface area contributed by atoms with Crippen LogP contribution in [0.1, 0.15) is 63.0 Å². The van der Waals surface area contributed by atoms with Gasteiger partial charge in [0, 0.05) is 26.1 Å². The first-order valence-corrected chi connectivity index (χ1v) is 15.0. The third-order valence-electron chi connectivity index (χ3n) is 8.78. The number of unbranched alkanes of at least 4 members (excludes halogenated alkanes) is 3.